The minimum Gasteiger partial charge on any atom is -0.355 e. The van der Waals surface area contributed by atoms with Crippen LogP contribution in [-0.4, -0.2) is 4.98 Å². The summed E-state index contributed by atoms with van der Waals surface area (Å²) in [6.07, 6.45) is 2.64. The lowest BCUT2D eigenvalue weighted by Gasteiger charge is -2.14. The lowest BCUT2D eigenvalue weighted by molar-refractivity contribution is 0.867. The summed E-state index contributed by atoms with van der Waals surface area (Å²) >= 11 is 0. The minimum atomic E-state index is 0.533. The van der Waals surface area contributed by atoms with Gasteiger partial charge in [-0.1, -0.05) is 156 Å². The molecule has 0 saturated heterocycles. The van der Waals surface area contributed by atoms with Crippen LogP contribution in [0.1, 0.15) is 52.0 Å². The molecule has 0 aliphatic heterocycles. The molecule has 2 N–H and O–H groups in total. The average molecular weight is 589 g/mol. The van der Waals surface area contributed by atoms with Gasteiger partial charge in [-0.15, -0.1) is 0 Å². The van der Waals surface area contributed by atoms with Gasteiger partial charge < -0.3 is 10.3 Å². The number of hydrogen-bond donors (Lipinski definition) is 2. The first-order valence-corrected chi connectivity index (χ1v) is 16.1. The smallest absolute Gasteiger partial charge is 0.0465 e. The van der Waals surface area contributed by atoms with E-state index in [0.29, 0.717) is 5.92 Å². The zero-order valence-electron chi connectivity index (χ0n) is 26.9. The lowest BCUT2D eigenvalue weighted by atomic mass is 10.0. The number of fused-ring (bicyclic) bond motifs is 3. The lowest BCUT2D eigenvalue weighted by Crippen LogP contribution is -1.95. The summed E-state index contributed by atoms with van der Waals surface area (Å²) in [5.41, 5.74) is 11.0. The summed E-state index contributed by atoms with van der Waals surface area (Å²) in [4.78, 5) is 3.46. The number of aromatic nitrogens is 1. The fourth-order valence-corrected chi connectivity index (χ4v) is 5.25. The average Bonchev–Trinajstić information content (AvgIpc) is 3.48. The maximum Gasteiger partial charge on any atom is 0.0465 e. The van der Waals surface area contributed by atoms with Crippen molar-refractivity contribution in [2.45, 2.75) is 46.5 Å². The van der Waals surface area contributed by atoms with Gasteiger partial charge >= 0.3 is 0 Å². The molecule has 0 bridgehead atoms. The van der Waals surface area contributed by atoms with Crippen LogP contribution in [0.25, 0.3) is 44.1 Å². The molecule has 2 nitrogen and oxygen atoms in total. The highest BCUT2D eigenvalue weighted by Gasteiger charge is 2.07. The third-order valence-corrected chi connectivity index (χ3v) is 7.96. The van der Waals surface area contributed by atoms with Crippen molar-refractivity contribution < 1.29 is 0 Å². The largest absolute Gasteiger partial charge is 0.355 e. The first-order chi connectivity index (χ1) is 22.1. The van der Waals surface area contributed by atoms with Crippen LogP contribution in [0.3, 0.4) is 0 Å². The third-order valence-electron chi connectivity index (χ3n) is 7.96. The number of para-hydroxylation sites is 2. The summed E-state index contributed by atoms with van der Waals surface area (Å²) in [6, 6.07) is 53.1. The number of nitrogens with one attached hydrogen (secondary N) is 2. The van der Waals surface area contributed by atoms with Crippen molar-refractivity contribution in [3.05, 3.63) is 157 Å². The normalized spacial score (nSPS) is 10.6. The summed E-state index contributed by atoms with van der Waals surface area (Å²) < 4.78 is 0. The van der Waals surface area contributed by atoms with Crippen molar-refractivity contribution in [2.75, 3.05) is 5.32 Å². The standard InChI is InChI=1S/C21H21N.C18H13N.C4H10/c1-16(2)18-11-8-12-19(15-18)22-21-14-7-6-13-20(21)17-9-4-3-5-10-17;1-2-6-13(7-3-1)14-10-11-18-16(12-14)15-8-4-5-9-17(15)19-18;1-3-4-2/h3-16,22H,1-2H3;1-12,19H;3-4H2,1-2H3. The second kappa shape index (κ2) is 15.6. The summed E-state index contributed by atoms with van der Waals surface area (Å²) in [6.45, 7) is 8.80. The summed E-state index contributed by atoms with van der Waals surface area (Å²) in [5.74, 6) is 0.533. The quantitative estimate of drug-likeness (QED) is 0.199. The number of aromatic amines is 1. The van der Waals surface area contributed by atoms with Gasteiger partial charge in [0.05, 0.1) is 0 Å². The molecule has 7 aromatic rings. The summed E-state index contributed by atoms with van der Waals surface area (Å²) in [5, 5.41) is 6.14. The fraction of sp³-hybridized carbons (Fsp3) is 0.163. The second-order valence-corrected chi connectivity index (χ2v) is 11.6. The second-order valence-electron chi connectivity index (χ2n) is 11.6. The van der Waals surface area contributed by atoms with Crippen molar-refractivity contribution >= 4 is 33.2 Å². The van der Waals surface area contributed by atoms with Crippen molar-refractivity contribution in [2.24, 2.45) is 0 Å². The SMILES string of the molecule is CC(C)c1cccc(Nc2ccccc2-c2ccccc2)c1.CCCC.c1ccc(-c2ccc3[nH]c4ccccc4c3c2)cc1. The molecule has 0 spiro atoms. The van der Waals surface area contributed by atoms with Crippen LogP contribution in [0.2, 0.25) is 0 Å². The molecule has 0 unspecified atom stereocenters. The van der Waals surface area contributed by atoms with E-state index in [9.17, 15) is 0 Å². The van der Waals surface area contributed by atoms with Gasteiger partial charge in [0.25, 0.3) is 0 Å². The predicted octanol–water partition coefficient (Wildman–Crippen LogP) is 13.0. The minimum absolute atomic E-state index is 0.533. The predicted molar refractivity (Wildman–Crippen MR) is 198 cm³/mol. The molecule has 0 amide bonds. The van der Waals surface area contributed by atoms with Gasteiger partial charge in [-0.25, -0.2) is 0 Å². The van der Waals surface area contributed by atoms with E-state index in [1.165, 1.54) is 62.5 Å². The van der Waals surface area contributed by atoms with Crippen LogP contribution in [0.4, 0.5) is 11.4 Å². The van der Waals surface area contributed by atoms with Crippen LogP contribution in [0.5, 0.6) is 0 Å². The van der Waals surface area contributed by atoms with E-state index in [4.69, 9.17) is 0 Å². The monoisotopic (exact) mass is 588 g/mol. The van der Waals surface area contributed by atoms with E-state index in [0.717, 1.165) is 11.4 Å². The van der Waals surface area contributed by atoms with E-state index in [1.807, 2.05) is 12.1 Å². The molecule has 1 heterocycles. The van der Waals surface area contributed by atoms with E-state index in [2.05, 4.69) is 178 Å². The molecule has 6 aromatic carbocycles. The Bertz CT molecular complexity index is 1910. The van der Waals surface area contributed by atoms with Crippen molar-refractivity contribution in [3.8, 4) is 22.3 Å². The number of anilines is 2. The Morgan fingerprint density at radius 3 is 1.84 bits per heavy atom. The molecule has 0 radical (unpaired) electrons. The Morgan fingerprint density at radius 1 is 0.511 bits per heavy atom. The highest BCUT2D eigenvalue weighted by Crippen LogP contribution is 2.31. The molecule has 226 valence electrons. The van der Waals surface area contributed by atoms with E-state index < -0.39 is 0 Å². The zero-order chi connectivity index (χ0) is 31.4. The van der Waals surface area contributed by atoms with E-state index in [-0.39, 0.29) is 0 Å². The Hall–Kier alpha value is -5.08. The fourth-order valence-electron chi connectivity index (χ4n) is 5.25. The number of benzene rings is 6. The first-order valence-electron chi connectivity index (χ1n) is 16.1. The van der Waals surface area contributed by atoms with Crippen LogP contribution >= 0.6 is 0 Å². The van der Waals surface area contributed by atoms with Crippen LogP contribution in [0, 0.1) is 0 Å². The maximum absolute atomic E-state index is 3.57. The molecule has 0 aliphatic rings. The highest BCUT2D eigenvalue weighted by molar-refractivity contribution is 6.08. The zero-order valence-corrected chi connectivity index (χ0v) is 26.9. The maximum atomic E-state index is 3.57. The van der Waals surface area contributed by atoms with Gasteiger partial charge in [-0.3, -0.25) is 0 Å². The number of H-pyrrole nitrogens is 1. The molecule has 7 rings (SSSR count). The van der Waals surface area contributed by atoms with E-state index in [1.54, 1.807) is 0 Å². The van der Waals surface area contributed by atoms with Crippen molar-refractivity contribution in [3.63, 3.8) is 0 Å². The molecule has 45 heavy (non-hydrogen) atoms. The van der Waals surface area contributed by atoms with Gasteiger partial charge in [0.15, 0.2) is 0 Å². The van der Waals surface area contributed by atoms with Gasteiger partial charge in [-0.2, -0.15) is 0 Å². The molecule has 0 atom stereocenters. The number of rotatable bonds is 6. The number of unbranched alkanes of at least 4 members (excludes halogenated alkanes) is 1. The highest BCUT2D eigenvalue weighted by atomic mass is 14.9. The van der Waals surface area contributed by atoms with Crippen LogP contribution < -0.4 is 5.32 Å². The first kappa shape index (κ1) is 31.3. The molecule has 0 fully saturated rings. The Kier molecular flexibility index (Phi) is 10.9. The van der Waals surface area contributed by atoms with Gasteiger partial charge in [-0.05, 0) is 64.6 Å². The molecule has 2 heteroatoms. The third kappa shape index (κ3) is 8.10. The summed E-state index contributed by atoms with van der Waals surface area (Å²) in [7, 11) is 0. The van der Waals surface area contributed by atoms with Crippen molar-refractivity contribution in [1.29, 1.82) is 0 Å². The van der Waals surface area contributed by atoms with Gasteiger partial charge in [0, 0.05) is 38.7 Å². The topological polar surface area (TPSA) is 27.8 Å². The molecular formula is C43H44N2. The number of hydrogen-bond acceptors (Lipinski definition) is 1. The Balaban J connectivity index is 0.000000160. The Morgan fingerprint density at radius 2 is 1.13 bits per heavy atom. The van der Waals surface area contributed by atoms with E-state index >= 15 is 0 Å². The van der Waals surface area contributed by atoms with Gasteiger partial charge in [0.1, 0.15) is 0 Å². The molecular weight excluding hydrogens is 544 g/mol. The molecule has 0 aliphatic carbocycles. The molecule has 1 aromatic heterocycles. The Labute approximate surface area is 268 Å². The van der Waals surface area contributed by atoms with Crippen LogP contribution in [0.15, 0.2) is 152 Å². The molecule has 0 saturated carbocycles. The van der Waals surface area contributed by atoms with Crippen LogP contribution in [-0.2, 0) is 0 Å². The van der Waals surface area contributed by atoms with Gasteiger partial charge in [0.2, 0.25) is 0 Å². The van der Waals surface area contributed by atoms with Crippen molar-refractivity contribution in [1.82, 2.24) is 4.98 Å².